The molecule has 0 bridgehead atoms. The number of hydrogen-bond donors (Lipinski definition) is 0. The second kappa shape index (κ2) is 4.94. The number of nitrogens with zero attached hydrogens (tertiary/aromatic N) is 1. The number of anilines is 1. The van der Waals surface area contributed by atoms with Crippen LogP contribution in [0.5, 0.6) is 0 Å². The molecule has 0 fully saturated rings. The Morgan fingerprint density at radius 2 is 1.72 bits per heavy atom. The zero-order valence-electron chi connectivity index (χ0n) is 9.87. The molecule has 92 valence electrons. The molecule has 0 unspecified atom stereocenters. The lowest BCUT2D eigenvalue weighted by molar-refractivity contribution is 0.880. The summed E-state index contributed by atoms with van der Waals surface area (Å²) in [6, 6.07) is 14.8. The topological polar surface area (TPSA) is 3.24 Å². The van der Waals surface area contributed by atoms with Crippen LogP contribution in [0.3, 0.4) is 0 Å². The van der Waals surface area contributed by atoms with Crippen molar-refractivity contribution in [1.29, 1.82) is 0 Å². The van der Waals surface area contributed by atoms with Crippen LogP contribution >= 0.6 is 27.5 Å². The van der Waals surface area contributed by atoms with E-state index < -0.39 is 0 Å². The third kappa shape index (κ3) is 2.15. The third-order valence-electron chi connectivity index (χ3n) is 3.35. The van der Waals surface area contributed by atoms with Crippen LogP contribution in [0.2, 0.25) is 5.02 Å². The van der Waals surface area contributed by atoms with Gasteiger partial charge in [-0.15, -0.1) is 0 Å². The molecule has 0 atom stereocenters. The van der Waals surface area contributed by atoms with Gasteiger partial charge < -0.3 is 4.90 Å². The number of hydrogen-bond acceptors (Lipinski definition) is 1. The molecule has 0 amide bonds. The molecular weight excluding hydrogens is 310 g/mol. The minimum Gasteiger partial charge on any atom is -0.362 e. The van der Waals surface area contributed by atoms with E-state index in [1.165, 1.54) is 16.7 Å². The second-order valence-electron chi connectivity index (χ2n) is 4.54. The summed E-state index contributed by atoms with van der Waals surface area (Å²) in [7, 11) is 0. The highest BCUT2D eigenvalue weighted by molar-refractivity contribution is 9.08. The van der Waals surface area contributed by atoms with Crippen molar-refractivity contribution in [2.75, 3.05) is 4.90 Å². The SMILES string of the molecule is Clc1cc(CBr)ccc1N1Cc2ccccc2C1. The Morgan fingerprint density at radius 3 is 2.28 bits per heavy atom. The average molecular weight is 323 g/mol. The van der Waals surface area contributed by atoms with Gasteiger partial charge in [0.1, 0.15) is 0 Å². The molecule has 0 aromatic heterocycles. The first-order valence-electron chi connectivity index (χ1n) is 5.94. The van der Waals surface area contributed by atoms with E-state index in [1.807, 2.05) is 6.07 Å². The summed E-state index contributed by atoms with van der Waals surface area (Å²) in [6.45, 7) is 1.90. The molecule has 0 saturated heterocycles. The van der Waals surface area contributed by atoms with Gasteiger partial charge in [0.05, 0.1) is 10.7 Å². The minimum absolute atomic E-state index is 0.833. The molecule has 2 aromatic rings. The number of halogens is 2. The van der Waals surface area contributed by atoms with Crippen molar-refractivity contribution in [3.05, 3.63) is 64.2 Å². The minimum atomic E-state index is 0.833. The van der Waals surface area contributed by atoms with E-state index in [4.69, 9.17) is 11.6 Å². The summed E-state index contributed by atoms with van der Waals surface area (Å²) in [5.41, 5.74) is 5.13. The first kappa shape index (κ1) is 12.1. The van der Waals surface area contributed by atoms with Crippen molar-refractivity contribution in [2.45, 2.75) is 18.4 Å². The van der Waals surface area contributed by atoms with Crippen molar-refractivity contribution in [3.8, 4) is 0 Å². The number of fused-ring (bicyclic) bond motifs is 1. The van der Waals surface area contributed by atoms with Crippen molar-refractivity contribution in [1.82, 2.24) is 0 Å². The van der Waals surface area contributed by atoms with Crippen molar-refractivity contribution in [2.24, 2.45) is 0 Å². The molecule has 0 spiro atoms. The molecule has 1 aliphatic rings. The fraction of sp³-hybridized carbons (Fsp3) is 0.200. The molecule has 18 heavy (non-hydrogen) atoms. The molecule has 1 nitrogen and oxygen atoms in total. The van der Waals surface area contributed by atoms with E-state index in [1.54, 1.807) is 0 Å². The summed E-state index contributed by atoms with van der Waals surface area (Å²) in [5.74, 6) is 0. The Hall–Kier alpha value is -0.990. The van der Waals surface area contributed by atoms with Gasteiger partial charge in [-0.2, -0.15) is 0 Å². The lowest BCUT2D eigenvalue weighted by Gasteiger charge is -2.19. The van der Waals surface area contributed by atoms with Crippen LogP contribution < -0.4 is 4.90 Å². The van der Waals surface area contributed by atoms with Gasteiger partial charge in [-0.3, -0.25) is 0 Å². The summed E-state index contributed by atoms with van der Waals surface area (Å²) in [4.78, 5) is 2.32. The maximum atomic E-state index is 6.37. The van der Waals surface area contributed by atoms with Crippen LogP contribution in [0.25, 0.3) is 0 Å². The molecule has 0 N–H and O–H groups in total. The van der Waals surface area contributed by atoms with Gasteiger partial charge >= 0.3 is 0 Å². The van der Waals surface area contributed by atoms with Gasteiger partial charge in [-0.25, -0.2) is 0 Å². The smallest absolute Gasteiger partial charge is 0.0642 e. The van der Waals surface area contributed by atoms with E-state index in [0.29, 0.717) is 0 Å². The lowest BCUT2D eigenvalue weighted by Crippen LogP contribution is -2.14. The molecule has 0 saturated carbocycles. The fourth-order valence-electron chi connectivity index (χ4n) is 2.39. The Morgan fingerprint density at radius 1 is 1.06 bits per heavy atom. The Kier molecular flexibility index (Phi) is 3.31. The van der Waals surface area contributed by atoms with Gasteiger partial charge in [-0.1, -0.05) is 57.9 Å². The van der Waals surface area contributed by atoms with Crippen LogP contribution in [-0.2, 0) is 18.4 Å². The molecule has 1 aliphatic heterocycles. The molecule has 3 rings (SSSR count). The summed E-state index contributed by atoms with van der Waals surface area (Å²) < 4.78 is 0. The molecule has 1 heterocycles. The van der Waals surface area contributed by atoms with Gasteiger partial charge in [0.15, 0.2) is 0 Å². The molecule has 0 radical (unpaired) electrons. The number of benzene rings is 2. The standard InChI is InChI=1S/C15H13BrClN/c16-8-11-5-6-15(14(17)7-11)18-9-12-3-1-2-4-13(12)10-18/h1-7H,8-10H2. The lowest BCUT2D eigenvalue weighted by atomic mass is 10.1. The van der Waals surface area contributed by atoms with E-state index in [0.717, 1.165) is 29.1 Å². The van der Waals surface area contributed by atoms with Crippen LogP contribution in [0.15, 0.2) is 42.5 Å². The van der Waals surface area contributed by atoms with E-state index in [2.05, 4.69) is 57.2 Å². The van der Waals surface area contributed by atoms with E-state index >= 15 is 0 Å². The predicted octanol–water partition coefficient (Wildman–Crippen LogP) is 4.76. The van der Waals surface area contributed by atoms with Gasteiger partial charge in [0, 0.05) is 18.4 Å². The maximum absolute atomic E-state index is 6.37. The summed E-state index contributed by atoms with van der Waals surface area (Å²) in [5, 5.41) is 1.67. The van der Waals surface area contributed by atoms with Gasteiger partial charge in [0.2, 0.25) is 0 Å². The van der Waals surface area contributed by atoms with E-state index in [9.17, 15) is 0 Å². The van der Waals surface area contributed by atoms with Crippen LogP contribution in [-0.4, -0.2) is 0 Å². The molecule has 3 heteroatoms. The summed E-state index contributed by atoms with van der Waals surface area (Å²) in [6.07, 6.45) is 0. The molecule has 0 aliphatic carbocycles. The molecular formula is C15H13BrClN. The third-order valence-corrected chi connectivity index (χ3v) is 4.30. The average Bonchev–Trinajstić information content (AvgIpc) is 2.81. The highest BCUT2D eigenvalue weighted by atomic mass is 79.9. The van der Waals surface area contributed by atoms with E-state index in [-0.39, 0.29) is 0 Å². The first-order chi connectivity index (χ1) is 8.78. The van der Waals surface area contributed by atoms with Crippen LogP contribution in [0, 0.1) is 0 Å². The second-order valence-corrected chi connectivity index (χ2v) is 5.51. The zero-order valence-corrected chi connectivity index (χ0v) is 12.2. The maximum Gasteiger partial charge on any atom is 0.0642 e. The largest absolute Gasteiger partial charge is 0.362 e. The Bertz CT molecular complexity index is 557. The van der Waals surface area contributed by atoms with Gasteiger partial charge in [0.25, 0.3) is 0 Å². The van der Waals surface area contributed by atoms with Crippen LogP contribution in [0.1, 0.15) is 16.7 Å². The monoisotopic (exact) mass is 321 g/mol. The predicted molar refractivity (Wildman–Crippen MR) is 80.4 cm³/mol. The Balaban J connectivity index is 1.90. The number of rotatable bonds is 2. The highest BCUT2D eigenvalue weighted by Crippen LogP contribution is 2.33. The summed E-state index contributed by atoms with van der Waals surface area (Å²) >= 11 is 9.82. The van der Waals surface area contributed by atoms with Crippen molar-refractivity contribution in [3.63, 3.8) is 0 Å². The zero-order chi connectivity index (χ0) is 12.5. The van der Waals surface area contributed by atoms with Crippen molar-refractivity contribution >= 4 is 33.2 Å². The van der Waals surface area contributed by atoms with Gasteiger partial charge in [-0.05, 0) is 28.8 Å². The van der Waals surface area contributed by atoms with Crippen LogP contribution in [0.4, 0.5) is 5.69 Å². The Labute approximate surface area is 121 Å². The number of alkyl halides is 1. The molecule has 2 aromatic carbocycles. The van der Waals surface area contributed by atoms with Crippen molar-refractivity contribution < 1.29 is 0 Å². The quantitative estimate of drug-likeness (QED) is 0.721. The first-order valence-corrected chi connectivity index (χ1v) is 7.44. The normalized spacial score (nSPS) is 13.8. The fourth-order valence-corrected chi connectivity index (χ4v) is 3.06. The highest BCUT2D eigenvalue weighted by Gasteiger charge is 2.20.